The molecular formula is C12H13FN4O2. The van der Waals surface area contributed by atoms with Gasteiger partial charge in [0.2, 0.25) is 0 Å². The summed E-state index contributed by atoms with van der Waals surface area (Å²) in [6.45, 7) is 0. The van der Waals surface area contributed by atoms with Crippen molar-refractivity contribution in [3.8, 4) is 0 Å². The second-order valence-corrected chi connectivity index (χ2v) is 3.90. The Kier molecular flexibility index (Phi) is 3.37. The second-order valence-electron chi connectivity index (χ2n) is 3.90. The Labute approximate surface area is 109 Å². The molecule has 0 saturated carbocycles. The summed E-state index contributed by atoms with van der Waals surface area (Å²) < 4.78 is 19.2. The van der Waals surface area contributed by atoms with Gasteiger partial charge >= 0.3 is 5.97 Å². The maximum Gasteiger partial charge on any atom is 0.360 e. The number of rotatable bonds is 3. The van der Waals surface area contributed by atoms with Crippen molar-refractivity contribution in [1.82, 2.24) is 9.55 Å². The zero-order chi connectivity index (χ0) is 14.0. The quantitative estimate of drug-likeness (QED) is 0.651. The van der Waals surface area contributed by atoms with E-state index in [4.69, 9.17) is 5.73 Å². The number of benzene rings is 1. The highest BCUT2D eigenvalue weighted by molar-refractivity contribution is 5.94. The number of aromatic nitrogens is 2. The predicted octanol–water partition coefficient (Wildman–Crippen LogP) is 1.67. The number of imidazole rings is 1. The highest BCUT2D eigenvalue weighted by Crippen LogP contribution is 2.25. The van der Waals surface area contributed by atoms with Gasteiger partial charge in [0.15, 0.2) is 5.69 Å². The van der Waals surface area contributed by atoms with Gasteiger partial charge in [-0.2, -0.15) is 0 Å². The topological polar surface area (TPSA) is 82.2 Å². The van der Waals surface area contributed by atoms with Crippen molar-refractivity contribution in [3.05, 3.63) is 36.0 Å². The first kappa shape index (κ1) is 12.9. The number of carbonyl (C=O) groups excluding carboxylic acids is 1. The molecule has 0 bridgehead atoms. The molecule has 6 nitrogen and oxygen atoms in total. The van der Waals surface area contributed by atoms with Gasteiger partial charge in [-0.25, -0.2) is 14.2 Å². The number of halogens is 1. The van der Waals surface area contributed by atoms with Crippen LogP contribution in [-0.4, -0.2) is 22.6 Å². The molecule has 2 aromatic rings. The number of ether oxygens (including phenoxy) is 1. The molecule has 0 fully saturated rings. The van der Waals surface area contributed by atoms with Crippen LogP contribution in [0, 0.1) is 5.82 Å². The van der Waals surface area contributed by atoms with E-state index in [0.717, 1.165) is 0 Å². The summed E-state index contributed by atoms with van der Waals surface area (Å²) in [6, 6.07) is 3.95. The van der Waals surface area contributed by atoms with Crippen molar-refractivity contribution in [3.63, 3.8) is 0 Å². The Balaban J connectivity index is 2.38. The molecule has 1 heterocycles. The lowest BCUT2D eigenvalue weighted by molar-refractivity contribution is 0.0596. The minimum atomic E-state index is -0.566. The number of nitrogens with one attached hydrogen (secondary N) is 1. The van der Waals surface area contributed by atoms with Crippen LogP contribution in [0.15, 0.2) is 24.5 Å². The fourth-order valence-corrected chi connectivity index (χ4v) is 1.60. The van der Waals surface area contributed by atoms with Crippen LogP contribution in [0.3, 0.4) is 0 Å². The zero-order valence-electron chi connectivity index (χ0n) is 10.5. The average Bonchev–Trinajstić information content (AvgIpc) is 2.73. The molecule has 3 N–H and O–H groups in total. The summed E-state index contributed by atoms with van der Waals surface area (Å²) >= 11 is 0. The number of aryl methyl sites for hydroxylation is 1. The minimum Gasteiger partial charge on any atom is -0.464 e. The van der Waals surface area contributed by atoms with Crippen molar-refractivity contribution in [2.24, 2.45) is 7.05 Å². The lowest BCUT2D eigenvalue weighted by Crippen LogP contribution is -2.08. The van der Waals surface area contributed by atoms with Crippen LogP contribution in [0.2, 0.25) is 0 Å². The third-order valence-electron chi connectivity index (χ3n) is 2.58. The molecule has 19 heavy (non-hydrogen) atoms. The second kappa shape index (κ2) is 4.97. The van der Waals surface area contributed by atoms with E-state index in [2.05, 4.69) is 15.0 Å². The van der Waals surface area contributed by atoms with Gasteiger partial charge in [-0.05, 0) is 18.2 Å². The van der Waals surface area contributed by atoms with Gasteiger partial charge in [0.25, 0.3) is 0 Å². The SMILES string of the molecule is COC(=O)c1ncn(C)c1Nc1ccc(F)cc1N. The van der Waals surface area contributed by atoms with Gasteiger partial charge in [0, 0.05) is 7.05 Å². The molecule has 2 rings (SSSR count). The minimum absolute atomic E-state index is 0.133. The Morgan fingerprint density at radius 1 is 1.53 bits per heavy atom. The highest BCUT2D eigenvalue weighted by atomic mass is 19.1. The average molecular weight is 264 g/mol. The molecule has 1 aromatic carbocycles. The molecule has 0 aliphatic heterocycles. The van der Waals surface area contributed by atoms with Crippen LogP contribution in [0.4, 0.5) is 21.6 Å². The normalized spacial score (nSPS) is 10.3. The summed E-state index contributed by atoms with van der Waals surface area (Å²) in [5.74, 6) is -0.574. The fourth-order valence-electron chi connectivity index (χ4n) is 1.60. The number of carbonyl (C=O) groups is 1. The molecular weight excluding hydrogens is 251 g/mol. The number of hydrogen-bond donors (Lipinski definition) is 2. The molecule has 100 valence electrons. The maximum absolute atomic E-state index is 13.0. The molecule has 7 heteroatoms. The largest absolute Gasteiger partial charge is 0.464 e. The van der Waals surface area contributed by atoms with Crippen LogP contribution in [0.1, 0.15) is 10.5 Å². The molecule has 0 saturated heterocycles. The number of esters is 1. The Morgan fingerprint density at radius 3 is 2.89 bits per heavy atom. The van der Waals surface area contributed by atoms with Crippen molar-refractivity contribution in [2.75, 3.05) is 18.2 Å². The third kappa shape index (κ3) is 2.49. The first-order valence-corrected chi connectivity index (χ1v) is 5.44. The standard InChI is InChI=1S/C12H13FN4O2/c1-17-6-15-10(12(18)19-2)11(17)16-9-4-3-7(13)5-8(9)14/h3-6,16H,14H2,1-2H3. The number of methoxy groups -OCH3 is 1. The Morgan fingerprint density at radius 2 is 2.26 bits per heavy atom. The van der Waals surface area contributed by atoms with Crippen LogP contribution < -0.4 is 11.1 Å². The van der Waals surface area contributed by atoms with Crippen LogP contribution >= 0.6 is 0 Å². The van der Waals surface area contributed by atoms with Gasteiger partial charge in [0.1, 0.15) is 11.6 Å². The summed E-state index contributed by atoms with van der Waals surface area (Å²) in [7, 11) is 2.98. The van der Waals surface area contributed by atoms with E-state index in [1.54, 1.807) is 11.6 Å². The van der Waals surface area contributed by atoms with E-state index in [1.807, 2.05) is 0 Å². The van der Waals surface area contributed by atoms with E-state index in [9.17, 15) is 9.18 Å². The Bertz CT molecular complexity index is 624. The maximum atomic E-state index is 13.0. The number of hydrogen-bond acceptors (Lipinski definition) is 5. The van der Waals surface area contributed by atoms with Crippen LogP contribution in [0.5, 0.6) is 0 Å². The number of anilines is 3. The van der Waals surface area contributed by atoms with Crippen molar-refractivity contribution >= 4 is 23.2 Å². The van der Waals surface area contributed by atoms with Crippen LogP contribution in [0.25, 0.3) is 0 Å². The van der Waals surface area contributed by atoms with Crippen molar-refractivity contribution in [1.29, 1.82) is 0 Å². The van der Waals surface area contributed by atoms with Crippen LogP contribution in [-0.2, 0) is 11.8 Å². The summed E-state index contributed by atoms with van der Waals surface area (Å²) in [4.78, 5) is 15.5. The number of nitrogens with zero attached hydrogens (tertiary/aromatic N) is 2. The lowest BCUT2D eigenvalue weighted by atomic mass is 10.2. The summed E-state index contributed by atoms with van der Waals surface area (Å²) in [5.41, 5.74) is 6.55. The fraction of sp³-hybridized carbons (Fsp3) is 0.167. The number of nitrogen functional groups attached to an aromatic ring is 1. The first-order chi connectivity index (χ1) is 9.02. The van der Waals surface area contributed by atoms with E-state index in [-0.39, 0.29) is 11.4 Å². The third-order valence-corrected chi connectivity index (χ3v) is 2.58. The predicted molar refractivity (Wildman–Crippen MR) is 68.6 cm³/mol. The summed E-state index contributed by atoms with van der Waals surface area (Å²) in [6.07, 6.45) is 1.47. The molecule has 0 radical (unpaired) electrons. The van der Waals surface area contributed by atoms with E-state index in [0.29, 0.717) is 11.5 Å². The van der Waals surface area contributed by atoms with Gasteiger partial charge < -0.3 is 20.4 Å². The molecule has 1 aromatic heterocycles. The smallest absolute Gasteiger partial charge is 0.360 e. The number of nitrogens with two attached hydrogens (primary N) is 1. The van der Waals surface area contributed by atoms with Crippen molar-refractivity contribution in [2.45, 2.75) is 0 Å². The molecule has 0 amide bonds. The molecule has 0 atom stereocenters. The molecule has 0 aliphatic carbocycles. The van der Waals surface area contributed by atoms with E-state index in [1.165, 1.54) is 31.6 Å². The lowest BCUT2D eigenvalue weighted by Gasteiger charge is -2.11. The van der Waals surface area contributed by atoms with Gasteiger partial charge in [-0.3, -0.25) is 0 Å². The van der Waals surface area contributed by atoms with Crippen molar-refractivity contribution < 1.29 is 13.9 Å². The molecule has 0 spiro atoms. The summed E-state index contributed by atoms with van der Waals surface area (Å²) in [5, 5.41) is 2.94. The monoisotopic (exact) mass is 264 g/mol. The van der Waals surface area contributed by atoms with E-state index < -0.39 is 11.8 Å². The molecule has 0 aliphatic rings. The highest BCUT2D eigenvalue weighted by Gasteiger charge is 2.18. The van der Waals surface area contributed by atoms with Gasteiger partial charge in [-0.1, -0.05) is 0 Å². The Hall–Kier alpha value is -2.57. The first-order valence-electron chi connectivity index (χ1n) is 5.44. The zero-order valence-corrected chi connectivity index (χ0v) is 10.5. The van der Waals surface area contributed by atoms with E-state index >= 15 is 0 Å². The molecule has 0 unspecified atom stereocenters. The van der Waals surface area contributed by atoms with Gasteiger partial charge in [-0.15, -0.1) is 0 Å². The van der Waals surface area contributed by atoms with Gasteiger partial charge in [0.05, 0.1) is 24.8 Å².